The average Bonchev–Trinajstić information content (AvgIpc) is 2.86. The lowest BCUT2D eigenvalue weighted by Gasteiger charge is -2.06. The summed E-state index contributed by atoms with van der Waals surface area (Å²) in [5.74, 6) is -0.332. The first kappa shape index (κ1) is 11.2. The summed E-state index contributed by atoms with van der Waals surface area (Å²) in [5, 5.41) is 10.5. The van der Waals surface area contributed by atoms with Crippen molar-refractivity contribution in [1.82, 2.24) is 15.2 Å². The van der Waals surface area contributed by atoms with E-state index < -0.39 is 0 Å². The molecule has 0 aliphatic rings. The fourth-order valence-corrected chi connectivity index (χ4v) is 1.82. The van der Waals surface area contributed by atoms with Gasteiger partial charge < -0.3 is 11.1 Å². The maximum atomic E-state index is 12.0. The van der Waals surface area contributed by atoms with E-state index in [2.05, 4.69) is 20.5 Å². The number of fused-ring (bicyclic) bond motifs is 1. The maximum Gasteiger partial charge on any atom is 0.276 e. The van der Waals surface area contributed by atoms with Gasteiger partial charge in [0, 0.05) is 17.3 Å². The zero-order valence-electron chi connectivity index (χ0n) is 9.92. The first-order valence-corrected chi connectivity index (χ1v) is 5.69. The van der Waals surface area contributed by atoms with Crippen LogP contribution in [0, 0.1) is 0 Å². The first-order valence-electron chi connectivity index (χ1n) is 5.69. The van der Waals surface area contributed by atoms with Crippen LogP contribution < -0.4 is 11.1 Å². The molecule has 6 nitrogen and oxygen atoms in total. The smallest absolute Gasteiger partial charge is 0.276 e. The molecule has 0 spiro atoms. The standard InChI is InChI=1S/C13H11N5O/c14-10-2-1-5-15-12(10)13(19)17-9-3-4-11-8(6-9)7-16-18-11/h1-7H,14H2,(H,16,18)(H,17,19). The van der Waals surface area contributed by atoms with Crippen LogP contribution >= 0.6 is 0 Å². The minimum Gasteiger partial charge on any atom is -0.397 e. The van der Waals surface area contributed by atoms with Gasteiger partial charge in [-0.3, -0.25) is 9.89 Å². The summed E-state index contributed by atoms with van der Waals surface area (Å²) in [6, 6.07) is 8.79. The number of aromatic amines is 1. The van der Waals surface area contributed by atoms with E-state index in [1.807, 2.05) is 12.1 Å². The van der Waals surface area contributed by atoms with Crippen molar-refractivity contribution in [2.45, 2.75) is 0 Å². The lowest BCUT2D eigenvalue weighted by molar-refractivity contribution is 0.102. The number of hydrogen-bond donors (Lipinski definition) is 3. The SMILES string of the molecule is Nc1cccnc1C(=O)Nc1ccc2[nH]ncc2c1. The van der Waals surface area contributed by atoms with Crippen molar-refractivity contribution in [2.24, 2.45) is 0 Å². The largest absolute Gasteiger partial charge is 0.397 e. The van der Waals surface area contributed by atoms with Gasteiger partial charge in [-0.25, -0.2) is 4.98 Å². The minimum absolute atomic E-state index is 0.217. The van der Waals surface area contributed by atoms with Crippen molar-refractivity contribution in [3.05, 3.63) is 48.4 Å². The van der Waals surface area contributed by atoms with Gasteiger partial charge in [0.15, 0.2) is 5.69 Å². The van der Waals surface area contributed by atoms with Gasteiger partial charge in [-0.15, -0.1) is 0 Å². The monoisotopic (exact) mass is 253 g/mol. The van der Waals surface area contributed by atoms with Gasteiger partial charge in [-0.05, 0) is 30.3 Å². The summed E-state index contributed by atoms with van der Waals surface area (Å²) >= 11 is 0. The Kier molecular flexibility index (Phi) is 2.60. The Labute approximate surface area is 108 Å². The van der Waals surface area contributed by atoms with Gasteiger partial charge in [0.25, 0.3) is 5.91 Å². The normalized spacial score (nSPS) is 10.5. The Bertz CT molecular complexity index is 749. The van der Waals surface area contributed by atoms with E-state index in [0.29, 0.717) is 11.4 Å². The number of benzene rings is 1. The summed E-state index contributed by atoms with van der Waals surface area (Å²) in [6.07, 6.45) is 3.23. The number of amides is 1. The van der Waals surface area contributed by atoms with Gasteiger partial charge in [0.05, 0.1) is 17.4 Å². The number of nitrogens with zero attached hydrogens (tertiary/aromatic N) is 2. The van der Waals surface area contributed by atoms with Crippen LogP contribution in [0.4, 0.5) is 11.4 Å². The highest BCUT2D eigenvalue weighted by Crippen LogP contribution is 2.18. The summed E-state index contributed by atoms with van der Waals surface area (Å²) in [6.45, 7) is 0. The van der Waals surface area contributed by atoms with Crippen LogP contribution in [-0.4, -0.2) is 21.1 Å². The quantitative estimate of drug-likeness (QED) is 0.648. The van der Waals surface area contributed by atoms with Crippen LogP contribution in [0.25, 0.3) is 10.9 Å². The van der Waals surface area contributed by atoms with E-state index in [1.165, 1.54) is 6.20 Å². The van der Waals surface area contributed by atoms with E-state index in [-0.39, 0.29) is 11.6 Å². The predicted octanol–water partition coefficient (Wildman–Crippen LogP) is 1.79. The van der Waals surface area contributed by atoms with E-state index >= 15 is 0 Å². The third-order valence-corrected chi connectivity index (χ3v) is 2.75. The van der Waals surface area contributed by atoms with Crippen LogP contribution in [0.3, 0.4) is 0 Å². The average molecular weight is 253 g/mol. The molecule has 0 unspecified atom stereocenters. The fraction of sp³-hybridized carbons (Fsp3) is 0. The molecule has 0 saturated carbocycles. The topological polar surface area (TPSA) is 96.7 Å². The summed E-state index contributed by atoms with van der Waals surface area (Å²) in [4.78, 5) is 16.0. The van der Waals surface area contributed by atoms with Gasteiger partial charge in [-0.2, -0.15) is 5.10 Å². The van der Waals surface area contributed by atoms with Crippen molar-refractivity contribution in [2.75, 3.05) is 11.1 Å². The predicted molar refractivity (Wildman–Crippen MR) is 72.7 cm³/mol. The van der Waals surface area contributed by atoms with Crippen molar-refractivity contribution in [3.8, 4) is 0 Å². The summed E-state index contributed by atoms with van der Waals surface area (Å²) in [5.41, 5.74) is 7.86. The Hall–Kier alpha value is -2.89. The van der Waals surface area contributed by atoms with Crippen LogP contribution in [0.2, 0.25) is 0 Å². The Morgan fingerprint density at radius 3 is 3.05 bits per heavy atom. The van der Waals surface area contributed by atoms with Gasteiger partial charge in [0.1, 0.15) is 0 Å². The molecule has 0 aliphatic heterocycles. The summed E-state index contributed by atoms with van der Waals surface area (Å²) in [7, 11) is 0. The molecule has 6 heteroatoms. The second-order valence-corrected chi connectivity index (χ2v) is 4.07. The van der Waals surface area contributed by atoms with Crippen LogP contribution in [0.15, 0.2) is 42.7 Å². The zero-order valence-corrected chi connectivity index (χ0v) is 9.92. The highest BCUT2D eigenvalue weighted by atomic mass is 16.1. The molecule has 94 valence electrons. The number of carbonyl (C=O) groups is 1. The molecule has 19 heavy (non-hydrogen) atoms. The van der Waals surface area contributed by atoms with Crippen LogP contribution in [-0.2, 0) is 0 Å². The summed E-state index contributed by atoms with van der Waals surface area (Å²) < 4.78 is 0. The third-order valence-electron chi connectivity index (χ3n) is 2.75. The van der Waals surface area contributed by atoms with E-state index in [0.717, 1.165) is 10.9 Å². The maximum absolute atomic E-state index is 12.0. The molecule has 0 atom stereocenters. The van der Waals surface area contributed by atoms with Crippen molar-refractivity contribution in [3.63, 3.8) is 0 Å². The Morgan fingerprint density at radius 1 is 1.32 bits per heavy atom. The van der Waals surface area contributed by atoms with Crippen LogP contribution in [0.1, 0.15) is 10.5 Å². The Morgan fingerprint density at radius 2 is 2.21 bits per heavy atom. The molecule has 0 bridgehead atoms. The highest BCUT2D eigenvalue weighted by Gasteiger charge is 2.11. The molecule has 2 heterocycles. The Balaban J connectivity index is 1.88. The number of nitrogen functional groups attached to an aromatic ring is 1. The second kappa shape index (κ2) is 4.41. The number of rotatable bonds is 2. The highest BCUT2D eigenvalue weighted by molar-refractivity contribution is 6.06. The number of nitrogens with one attached hydrogen (secondary N) is 2. The first-order chi connectivity index (χ1) is 9.24. The molecule has 2 aromatic heterocycles. The third kappa shape index (κ3) is 2.11. The van der Waals surface area contributed by atoms with E-state index in [4.69, 9.17) is 5.73 Å². The lowest BCUT2D eigenvalue weighted by atomic mass is 10.2. The van der Waals surface area contributed by atoms with Crippen molar-refractivity contribution < 1.29 is 4.79 Å². The molecule has 0 saturated heterocycles. The number of anilines is 2. The van der Waals surface area contributed by atoms with E-state index in [1.54, 1.807) is 24.4 Å². The molecule has 0 radical (unpaired) electrons. The lowest BCUT2D eigenvalue weighted by Crippen LogP contribution is -2.15. The number of hydrogen-bond acceptors (Lipinski definition) is 4. The molecule has 4 N–H and O–H groups in total. The van der Waals surface area contributed by atoms with Gasteiger partial charge >= 0.3 is 0 Å². The molecular formula is C13H11N5O. The molecule has 1 aromatic carbocycles. The zero-order chi connectivity index (χ0) is 13.2. The van der Waals surface area contributed by atoms with Crippen LogP contribution in [0.5, 0.6) is 0 Å². The second-order valence-electron chi connectivity index (χ2n) is 4.07. The van der Waals surface area contributed by atoms with Gasteiger partial charge in [-0.1, -0.05) is 0 Å². The molecule has 3 aromatic rings. The molecule has 0 fully saturated rings. The minimum atomic E-state index is -0.332. The number of aromatic nitrogens is 3. The van der Waals surface area contributed by atoms with Crippen molar-refractivity contribution in [1.29, 1.82) is 0 Å². The number of carbonyl (C=O) groups excluding carboxylic acids is 1. The number of pyridine rings is 1. The van der Waals surface area contributed by atoms with E-state index in [9.17, 15) is 4.79 Å². The molecule has 0 aliphatic carbocycles. The number of H-pyrrole nitrogens is 1. The molecule has 1 amide bonds. The molecule has 3 rings (SSSR count). The molecular weight excluding hydrogens is 242 g/mol. The number of nitrogens with two attached hydrogens (primary N) is 1. The fourth-order valence-electron chi connectivity index (χ4n) is 1.82. The van der Waals surface area contributed by atoms with Gasteiger partial charge in [0.2, 0.25) is 0 Å². The van der Waals surface area contributed by atoms with Crippen molar-refractivity contribution >= 4 is 28.2 Å².